The maximum absolute atomic E-state index is 13.8. The van der Waals surface area contributed by atoms with Gasteiger partial charge in [0.1, 0.15) is 0 Å². The van der Waals surface area contributed by atoms with Crippen LogP contribution in [0, 0.1) is 5.82 Å². The molecule has 17 heavy (non-hydrogen) atoms. The summed E-state index contributed by atoms with van der Waals surface area (Å²) in [7, 11) is 1.42. The summed E-state index contributed by atoms with van der Waals surface area (Å²) in [6.45, 7) is 3.98. The molecule has 4 heteroatoms. The molecule has 96 valence electrons. The number of hydrogen-bond acceptors (Lipinski definition) is 3. The van der Waals surface area contributed by atoms with Gasteiger partial charge in [-0.1, -0.05) is 12.1 Å². The van der Waals surface area contributed by atoms with Crippen molar-refractivity contribution in [3.63, 3.8) is 0 Å². The highest BCUT2D eigenvalue weighted by molar-refractivity contribution is 5.31. The van der Waals surface area contributed by atoms with Gasteiger partial charge < -0.3 is 14.6 Å². The van der Waals surface area contributed by atoms with E-state index < -0.39 is 11.9 Å². The molecule has 0 aliphatic carbocycles. The van der Waals surface area contributed by atoms with E-state index in [1.807, 2.05) is 13.8 Å². The molecule has 1 unspecified atom stereocenters. The first-order valence-electron chi connectivity index (χ1n) is 5.65. The molecule has 3 nitrogen and oxygen atoms in total. The zero-order valence-corrected chi connectivity index (χ0v) is 10.4. The van der Waals surface area contributed by atoms with Crippen molar-refractivity contribution in [1.29, 1.82) is 0 Å². The van der Waals surface area contributed by atoms with Gasteiger partial charge in [-0.25, -0.2) is 4.39 Å². The number of rotatable bonds is 6. The molecule has 0 aliphatic rings. The monoisotopic (exact) mass is 242 g/mol. The third kappa shape index (κ3) is 4.32. The van der Waals surface area contributed by atoms with Gasteiger partial charge in [-0.3, -0.25) is 0 Å². The van der Waals surface area contributed by atoms with Crippen LogP contribution in [-0.2, 0) is 11.2 Å². The Labute approximate surface area is 101 Å². The largest absolute Gasteiger partial charge is 0.494 e. The fraction of sp³-hybridized carbons (Fsp3) is 0.538. The van der Waals surface area contributed by atoms with Crippen LogP contribution in [-0.4, -0.2) is 31.0 Å². The zero-order chi connectivity index (χ0) is 12.8. The highest BCUT2D eigenvalue weighted by Gasteiger charge is 2.13. The molecule has 0 bridgehead atoms. The summed E-state index contributed by atoms with van der Waals surface area (Å²) in [5, 5.41) is 9.71. The summed E-state index contributed by atoms with van der Waals surface area (Å²) in [4.78, 5) is 0. The van der Waals surface area contributed by atoms with E-state index in [4.69, 9.17) is 9.47 Å². The standard InChI is InChI=1S/C13H19FO3/c1-9(2)17-8-11(15)7-10-5-4-6-12(16-3)13(10)14/h4-6,9,11,15H,7-8H2,1-3H3. The molecule has 0 spiro atoms. The summed E-state index contributed by atoms with van der Waals surface area (Å²) < 4.78 is 23.9. The fourth-order valence-electron chi connectivity index (χ4n) is 1.49. The van der Waals surface area contributed by atoms with Crippen molar-refractivity contribution in [3.8, 4) is 5.75 Å². The maximum atomic E-state index is 13.8. The quantitative estimate of drug-likeness (QED) is 0.830. The van der Waals surface area contributed by atoms with Crippen LogP contribution in [0.3, 0.4) is 0 Å². The van der Waals surface area contributed by atoms with Crippen molar-refractivity contribution in [2.24, 2.45) is 0 Å². The van der Waals surface area contributed by atoms with Crippen molar-refractivity contribution < 1.29 is 19.0 Å². The highest BCUT2D eigenvalue weighted by atomic mass is 19.1. The molecule has 1 aromatic carbocycles. The Bertz CT molecular complexity index is 353. The summed E-state index contributed by atoms with van der Waals surface area (Å²) in [6.07, 6.45) is -0.436. The van der Waals surface area contributed by atoms with Gasteiger partial charge in [0.25, 0.3) is 0 Å². The highest BCUT2D eigenvalue weighted by Crippen LogP contribution is 2.21. The van der Waals surface area contributed by atoms with Gasteiger partial charge in [0, 0.05) is 6.42 Å². The summed E-state index contributed by atoms with van der Waals surface area (Å²) in [5.41, 5.74) is 0.434. The first-order chi connectivity index (χ1) is 8.04. The third-order valence-corrected chi connectivity index (χ3v) is 2.34. The van der Waals surface area contributed by atoms with Crippen LogP contribution in [0.25, 0.3) is 0 Å². The minimum atomic E-state index is -0.709. The van der Waals surface area contributed by atoms with Gasteiger partial charge in [0.15, 0.2) is 11.6 Å². The van der Waals surface area contributed by atoms with Crippen molar-refractivity contribution in [1.82, 2.24) is 0 Å². The van der Waals surface area contributed by atoms with Crippen LogP contribution in [0.5, 0.6) is 5.75 Å². The molecule has 0 aromatic heterocycles. The second-order valence-corrected chi connectivity index (χ2v) is 4.17. The normalized spacial score (nSPS) is 12.8. The first-order valence-corrected chi connectivity index (χ1v) is 5.65. The number of aliphatic hydroxyl groups excluding tert-OH is 1. The van der Waals surface area contributed by atoms with E-state index in [9.17, 15) is 9.50 Å². The van der Waals surface area contributed by atoms with Gasteiger partial charge in [0.05, 0.1) is 25.9 Å². The number of aliphatic hydroxyl groups is 1. The van der Waals surface area contributed by atoms with E-state index in [1.54, 1.807) is 18.2 Å². The maximum Gasteiger partial charge on any atom is 0.168 e. The molecule has 1 aromatic rings. The van der Waals surface area contributed by atoms with Gasteiger partial charge in [0.2, 0.25) is 0 Å². The SMILES string of the molecule is COc1cccc(CC(O)COC(C)C)c1F. The van der Waals surface area contributed by atoms with Crippen molar-refractivity contribution >= 4 is 0 Å². The Hall–Kier alpha value is -1.13. The van der Waals surface area contributed by atoms with Crippen molar-refractivity contribution in [2.75, 3.05) is 13.7 Å². The lowest BCUT2D eigenvalue weighted by atomic mass is 10.1. The molecule has 0 heterocycles. The molecular weight excluding hydrogens is 223 g/mol. The van der Waals surface area contributed by atoms with E-state index >= 15 is 0 Å². The lowest BCUT2D eigenvalue weighted by Gasteiger charge is -2.14. The Morgan fingerprint density at radius 3 is 2.65 bits per heavy atom. The topological polar surface area (TPSA) is 38.7 Å². The molecule has 0 amide bonds. The molecule has 0 saturated carbocycles. The second kappa shape index (κ2) is 6.57. The minimum absolute atomic E-state index is 0.0554. The molecule has 1 rings (SSSR count). The fourth-order valence-corrected chi connectivity index (χ4v) is 1.49. The van der Waals surface area contributed by atoms with Crippen molar-refractivity contribution in [2.45, 2.75) is 32.5 Å². The minimum Gasteiger partial charge on any atom is -0.494 e. The number of hydrogen-bond donors (Lipinski definition) is 1. The van der Waals surface area contributed by atoms with Gasteiger partial charge in [-0.05, 0) is 25.5 Å². The molecule has 0 radical (unpaired) electrons. The second-order valence-electron chi connectivity index (χ2n) is 4.17. The number of halogens is 1. The smallest absolute Gasteiger partial charge is 0.168 e. The summed E-state index contributed by atoms with van der Waals surface area (Å²) in [6, 6.07) is 4.89. The Balaban J connectivity index is 2.62. The Morgan fingerprint density at radius 1 is 1.35 bits per heavy atom. The van der Waals surface area contributed by atoms with Crippen molar-refractivity contribution in [3.05, 3.63) is 29.6 Å². The van der Waals surface area contributed by atoms with Gasteiger partial charge >= 0.3 is 0 Å². The molecular formula is C13H19FO3. The van der Waals surface area contributed by atoms with Gasteiger partial charge in [-0.2, -0.15) is 0 Å². The Morgan fingerprint density at radius 2 is 2.06 bits per heavy atom. The van der Waals surface area contributed by atoms with Crippen LogP contribution in [0.4, 0.5) is 4.39 Å². The lowest BCUT2D eigenvalue weighted by Crippen LogP contribution is -2.21. The molecule has 1 N–H and O–H groups in total. The molecule has 0 fully saturated rings. The van der Waals surface area contributed by atoms with Crippen LogP contribution in [0.1, 0.15) is 19.4 Å². The van der Waals surface area contributed by atoms with Crippen LogP contribution >= 0.6 is 0 Å². The van der Waals surface area contributed by atoms with E-state index in [-0.39, 0.29) is 24.9 Å². The third-order valence-electron chi connectivity index (χ3n) is 2.34. The van der Waals surface area contributed by atoms with E-state index in [1.165, 1.54) is 7.11 Å². The number of methoxy groups -OCH3 is 1. The average Bonchev–Trinajstić information content (AvgIpc) is 2.29. The summed E-state index contributed by atoms with van der Waals surface area (Å²) in [5.74, 6) is -0.224. The van der Waals surface area contributed by atoms with E-state index in [0.717, 1.165) is 0 Å². The van der Waals surface area contributed by atoms with E-state index in [2.05, 4.69) is 0 Å². The molecule has 0 aliphatic heterocycles. The lowest BCUT2D eigenvalue weighted by molar-refractivity contribution is 0.00590. The predicted octanol–water partition coefficient (Wildman–Crippen LogP) is 2.16. The Kier molecular flexibility index (Phi) is 5.38. The first kappa shape index (κ1) is 13.9. The predicted molar refractivity (Wildman–Crippen MR) is 63.8 cm³/mol. The average molecular weight is 242 g/mol. The van der Waals surface area contributed by atoms with Crippen LogP contribution in [0.2, 0.25) is 0 Å². The van der Waals surface area contributed by atoms with Crippen LogP contribution in [0.15, 0.2) is 18.2 Å². The van der Waals surface area contributed by atoms with E-state index in [0.29, 0.717) is 5.56 Å². The van der Waals surface area contributed by atoms with Crippen LogP contribution < -0.4 is 4.74 Å². The number of ether oxygens (including phenoxy) is 2. The number of benzene rings is 1. The molecule has 1 atom stereocenters. The summed E-state index contributed by atoms with van der Waals surface area (Å²) >= 11 is 0. The zero-order valence-electron chi connectivity index (χ0n) is 10.4. The van der Waals surface area contributed by atoms with Gasteiger partial charge in [-0.15, -0.1) is 0 Å². The molecule has 0 saturated heterocycles.